The monoisotopic (exact) mass is 453 g/mol. The topological polar surface area (TPSA) is 88.5 Å². The number of halogens is 2. The number of hydrogen-bond acceptors (Lipinski definition) is 4. The molecule has 6 nitrogen and oxygen atoms in total. The molecule has 2 amide bonds. The second-order valence-corrected chi connectivity index (χ2v) is 9.00. The lowest BCUT2D eigenvalue weighted by molar-refractivity contribution is -0.114. The molecule has 162 valence electrons. The summed E-state index contributed by atoms with van der Waals surface area (Å²) in [5.41, 5.74) is 0.761. The summed E-state index contributed by atoms with van der Waals surface area (Å²) in [5.74, 6) is 2.63. The number of anilines is 1. The van der Waals surface area contributed by atoms with E-state index >= 15 is 0 Å². The molecular weight excluding hydrogens is 436 g/mol. The summed E-state index contributed by atoms with van der Waals surface area (Å²) in [7, 11) is -3.12. The van der Waals surface area contributed by atoms with E-state index in [0.29, 0.717) is 11.3 Å². The third kappa shape index (κ3) is 5.83. The predicted octanol–water partition coefficient (Wildman–Crippen LogP) is 4.02. The van der Waals surface area contributed by atoms with E-state index in [1.165, 1.54) is 43.8 Å². The quantitative estimate of drug-likeness (QED) is 0.607. The Hall–Kier alpha value is -3.90. The number of nitrogens with one attached hydrogen (secondary N) is 1. The van der Waals surface area contributed by atoms with Crippen LogP contribution in [-0.2, 0) is 14.5 Å². The maximum atomic E-state index is 13.7. The molecule has 0 aliphatic heterocycles. The molecule has 0 saturated carbocycles. The van der Waals surface area contributed by atoms with Crippen molar-refractivity contribution in [3.8, 4) is 11.8 Å². The molecule has 3 aromatic rings. The zero-order chi connectivity index (χ0) is 23.3. The molecule has 32 heavy (non-hydrogen) atoms. The Morgan fingerprint density at radius 1 is 1.06 bits per heavy atom. The normalized spacial score (nSPS) is 12.1. The van der Waals surface area contributed by atoms with Crippen molar-refractivity contribution in [3.63, 3.8) is 0 Å². The van der Waals surface area contributed by atoms with Gasteiger partial charge in [-0.25, -0.2) is 13.0 Å². The summed E-state index contributed by atoms with van der Waals surface area (Å²) in [6.07, 6.45) is 3.93. The Bertz CT molecular complexity index is 1400. The highest BCUT2D eigenvalue weighted by Crippen LogP contribution is 2.18. The van der Waals surface area contributed by atoms with Gasteiger partial charge in [0, 0.05) is 47.8 Å². The molecule has 1 atom stereocenters. The molecule has 1 heterocycles. The largest absolute Gasteiger partial charge is 0.326 e. The van der Waals surface area contributed by atoms with Crippen LogP contribution in [0.25, 0.3) is 0 Å². The first-order valence-electron chi connectivity index (χ1n) is 9.20. The Labute approximate surface area is 183 Å². The molecule has 3 rings (SSSR count). The maximum Gasteiger partial charge on any atom is 0.286 e. The van der Waals surface area contributed by atoms with E-state index in [0.717, 1.165) is 12.1 Å². The molecule has 0 bridgehead atoms. The zero-order valence-electron chi connectivity index (χ0n) is 17.1. The van der Waals surface area contributed by atoms with Crippen molar-refractivity contribution in [2.45, 2.75) is 11.8 Å². The highest BCUT2D eigenvalue weighted by molar-refractivity contribution is 7.93. The van der Waals surface area contributed by atoms with Gasteiger partial charge in [0.1, 0.15) is 11.6 Å². The fraction of sp³-hybridized carbons (Fsp3) is 0.0870. The van der Waals surface area contributed by atoms with Crippen molar-refractivity contribution in [1.29, 1.82) is 0 Å². The van der Waals surface area contributed by atoms with E-state index in [9.17, 15) is 22.6 Å². The maximum absolute atomic E-state index is 13.7. The van der Waals surface area contributed by atoms with E-state index in [1.807, 2.05) is 0 Å². The van der Waals surface area contributed by atoms with E-state index in [1.54, 1.807) is 18.2 Å². The summed E-state index contributed by atoms with van der Waals surface area (Å²) >= 11 is 0. The average molecular weight is 453 g/mol. The number of hydrogen-bond donors (Lipinski definition) is 1. The van der Waals surface area contributed by atoms with E-state index in [2.05, 4.69) is 26.5 Å². The van der Waals surface area contributed by atoms with Gasteiger partial charge in [-0.15, -0.1) is 0 Å². The van der Waals surface area contributed by atoms with Crippen LogP contribution in [-0.4, -0.2) is 27.3 Å². The van der Waals surface area contributed by atoms with Crippen LogP contribution < -0.4 is 5.32 Å². The molecule has 0 aliphatic rings. The molecule has 0 radical (unpaired) electrons. The van der Waals surface area contributed by atoms with Gasteiger partial charge < -0.3 is 5.32 Å². The Balaban J connectivity index is 1.89. The summed E-state index contributed by atoms with van der Waals surface area (Å²) in [5, 5.41) is 2.58. The molecule has 9 heteroatoms. The highest BCUT2D eigenvalue weighted by atomic mass is 32.2. The van der Waals surface area contributed by atoms with Crippen LogP contribution in [0, 0.1) is 23.5 Å². The van der Waals surface area contributed by atoms with Gasteiger partial charge in [-0.1, -0.05) is 17.9 Å². The lowest BCUT2D eigenvalue weighted by Gasteiger charge is -2.07. The first-order chi connectivity index (χ1) is 15.1. The Morgan fingerprint density at radius 3 is 2.56 bits per heavy atom. The number of pyridine rings is 1. The van der Waals surface area contributed by atoms with Crippen LogP contribution in [0.15, 0.2) is 70.2 Å². The van der Waals surface area contributed by atoms with Crippen molar-refractivity contribution >= 4 is 27.2 Å². The van der Waals surface area contributed by atoms with Gasteiger partial charge in [-0.05, 0) is 36.4 Å². The molecule has 0 saturated heterocycles. The minimum Gasteiger partial charge on any atom is -0.326 e. The molecule has 0 spiro atoms. The number of carbonyl (C=O) groups is 2. The van der Waals surface area contributed by atoms with Crippen molar-refractivity contribution in [2.75, 3.05) is 11.6 Å². The van der Waals surface area contributed by atoms with Crippen molar-refractivity contribution in [3.05, 3.63) is 89.2 Å². The number of carbonyl (C=O) groups excluding carboxylic acids is 2. The molecule has 1 aromatic heterocycles. The van der Waals surface area contributed by atoms with Gasteiger partial charge in [0.25, 0.3) is 5.91 Å². The third-order valence-corrected chi connectivity index (χ3v) is 5.75. The number of aromatic nitrogens is 1. The third-order valence-electron chi connectivity index (χ3n) is 4.11. The van der Waals surface area contributed by atoms with Gasteiger partial charge >= 0.3 is 0 Å². The van der Waals surface area contributed by atoms with Crippen LogP contribution in [0.5, 0.6) is 0 Å². The average Bonchev–Trinajstić information content (AvgIpc) is 2.73. The fourth-order valence-electron chi connectivity index (χ4n) is 2.63. The first kappa shape index (κ1) is 22.8. The minimum absolute atomic E-state index is 0.0107. The minimum atomic E-state index is -3.12. The summed E-state index contributed by atoms with van der Waals surface area (Å²) < 4.78 is 43.6. The lowest BCUT2D eigenvalue weighted by Crippen LogP contribution is -2.08. The van der Waals surface area contributed by atoms with Crippen LogP contribution in [0.4, 0.5) is 14.5 Å². The molecule has 1 unspecified atom stereocenters. The van der Waals surface area contributed by atoms with Crippen LogP contribution in [0.1, 0.15) is 28.4 Å². The Morgan fingerprint density at radius 2 is 1.84 bits per heavy atom. The van der Waals surface area contributed by atoms with Gasteiger partial charge in [0.2, 0.25) is 5.91 Å². The lowest BCUT2D eigenvalue weighted by atomic mass is 10.1. The molecular formula is C23H17F2N3O3S. The second-order valence-electron chi connectivity index (χ2n) is 6.74. The van der Waals surface area contributed by atoms with Gasteiger partial charge in [-0.2, -0.15) is 4.36 Å². The SMILES string of the molecule is CC(=O)Nc1cccc(S(C)(=O)=NC(=O)c2cncc(C#Cc3ccc(F)cc3F)c2)c1. The van der Waals surface area contributed by atoms with Gasteiger partial charge in [0.15, 0.2) is 0 Å². The highest BCUT2D eigenvalue weighted by Gasteiger charge is 2.13. The van der Waals surface area contributed by atoms with Gasteiger partial charge in [0.05, 0.1) is 20.9 Å². The number of nitrogens with zero attached hydrogens (tertiary/aromatic N) is 2. The van der Waals surface area contributed by atoms with E-state index in [4.69, 9.17) is 0 Å². The van der Waals surface area contributed by atoms with Crippen LogP contribution >= 0.6 is 0 Å². The molecule has 0 aliphatic carbocycles. The van der Waals surface area contributed by atoms with Crippen molar-refractivity contribution in [2.24, 2.45) is 4.36 Å². The van der Waals surface area contributed by atoms with Gasteiger partial charge in [-0.3, -0.25) is 14.6 Å². The smallest absolute Gasteiger partial charge is 0.286 e. The number of amides is 2. The zero-order valence-corrected chi connectivity index (χ0v) is 17.9. The predicted molar refractivity (Wildman–Crippen MR) is 116 cm³/mol. The van der Waals surface area contributed by atoms with Crippen LogP contribution in [0.2, 0.25) is 0 Å². The number of benzene rings is 2. The number of rotatable bonds is 3. The summed E-state index contributed by atoms with van der Waals surface area (Å²) in [6.45, 7) is 1.34. The first-order valence-corrected chi connectivity index (χ1v) is 11.1. The molecule has 2 aromatic carbocycles. The van der Waals surface area contributed by atoms with Crippen LogP contribution in [0.3, 0.4) is 0 Å². The van der Waals surface area contributed by atoms with Crippen molar-refractivity contribution in [1.82, 2.24) is 4.98 Å². The Kier molecular flexibility index (Phi) is 6.76. The van der Waals surface area contributed by atoms with E-state index in [-0.39, 0.29) is 21.9 Å². The fourth-order valence-corrected chi connectivity index (χ4v) is 3.84. The molecule has 0 fully saturated rings. The molecule has 1 N–H and O–H groups in total. The van der Waals surface area contributed by atoms with Crippen molar-refractivity contribution < 1.29 is 22.6 Å². The summed E-state index contributed by atoms with van der Waals surface area (Å²) in [4.78, 5) is 28.0. The second kappa shape index (κ2) is 9.49. The standard InChI is InChI=1S/C23H17F2N3O3S/c1-15(29)27-20-4-3-5-21(12-20)32(2,31)28-23(30)18-10-16(13-26-14-18)6-7-17-8-9-19(24)11-22(17)25/h3-5,8-14H,1-2H3,(H,27,29). The van der Waals surface area contributed by atoms with E-state index < -0.39 is 27.3 Å². The summed E-state index contributed by atoms with van der Waals surface area (Å²) in [6, 6.07) is 10.6.